The summed E-state index contributed by atoms with van der Waals surface area (Å²) in [5, 5.41) is 18.2. The fourth-order valence-corrected chi connectivity index (χ4v) is 9.83. The zero-order valence-corrected chi connectivity index (χ0v) is 30.0. The van der Waals surface area contributed by atoms with Crippen LogP contribution in [-0.4, -0.2) is 0 Å². The van der Waals surface area contributed by atoms with Crippen molar-refractivity contribution in [1.82, 2.24) is 0 Å². The molecule has 0 amide bonds. The standard InChI is InChI=1S/C54H33N/c1-5-18-35(19-6-1)46-50-41-30-15-22-34-23-16-31-42(45(34)41)51(50)47(36-20-7-2-8-21-36)53-49-39-28-13-14-29-40(39)54(44-33-17-32-43(48(44)49)52(46)53)55(37-24-9-3-10-25-37)38-26-11-4-12-27-38/h1-33H. The van der Waals surface area contributed by atoms with Crippen molar-refractivity contribution in [3.8, 4) is 22.3 Å². The fourth-order valence-electron chi connectivity index (χ4n) is 9.83. The van der Waals surface area contributed by atoms with Gasteiger partial charge in [0.25, 0.3) is 0 Å². The number of fused-ring (bicyclic) bond motifs is 8. The third-order valence-electron chi connectivity index (χ3n) is 11.9. The zero-order chi connectivity index (χ0) is 36.0. The van der Waals surface area contributed by atoms with Crippen molar-refractivity contribution in [2.45, 2.75) is 0 Å². The Balaban J connectivity index is 1.40. The molecule has 1 heteroatoms. The van der Waals surface area contributed by atoms with Crippen molar-refractivity contribution in [3.05, 3.63) is 200 Å². The molecule has 0 bridgehead atoms. The van der Waals surface area contributed by atoms with Gasteiger partial charge in [-0.1, -0.05) is 176 Å². The number of hydrogen-bond acceptors (Lipinski definition) is 1. The zero-order valence-electron chi connectivity index (χ0n) is 30.0. The van der Waals surface area contributed by atoms with E-state index in [1.165, 1.54) is 103 Å². The maximum absolute atomic E-state index is 2.46. The summed E-state index contributed by atoms with van der Waals surface area (Å²) in [4.78, 5) is 2.46. The number of anilines is 3. The molecule has 0 saturated heterocycles. The predicted molar refractivity (Wildman–Crippen MR) is 237 cm³/mol. The Bertz CT molecular complexity index is 3340. The monoisotopic (exact) mass is 695 g/mol. The van der Waals surface area contributed by atoms with Crippen molar-refractivity contribution in [3.63, 3.8) is 0 Å². The average molecular weight is 696 g/mol. The fraction of sp³-hybridized carbons (Fsp3) is 0. The Kier molecular flexibility index (Phi) is 6.40. The summed E-state index contributed by atoms with van der Waals surface area (Å²) < 4.78 is 0. The van der Waals surface area contributed by atoms with Gasteiger partial charge in [0.2, 0.25) is 0 Å². The largest absolute Gasteiger partial charge is 0.309 e. The molecule has 55 heavy (non-hydrogen) atoms. The van der Waals surface area contributed by atoms with Gasteiger partial charge >= 0.3 is 0 Å². The molecule has 1 nitrogen and oxygen atoms in total. The lowest BCUT2D eigenvalue weighted by Crippen LogP contribution is -2.11. The topological polar surface area (TPSA) is 3.24 Å². The smallest absolute Gasteiger partial charge is 0.0619 e. The SMILES string of the molecule is c1ccc(-c2c3c4cccc5cccc(c3c(-c3ccccc3)c3c2c2cccc6c(N(c7ccccc7)c7ccccc7)c7ccccc7c3c62)c54)cc1. The molecule has 0 aliphatic rings. The third-order valence-corrected chi connectivity index (χ3v) is 11.9. The van der Waals surface area contributed by atoms with Crippen LogP contribution in [0.5, 0.6) is 0 Å². The van der Waals surface area contributed by atoms with Crippen LogP contribution in [0.2, 0.25) is 0 Å². The molecule has 0 spiro atoms. The van der Waals surface area contributed by atoms with Crippen LogP contribution in [-0.2, 0) is 0 Å². The lowest BCUT2D eigenvalue weighted by atomic mass is 9.87. The van der Waals surface area contributed by atoms with Gasteiger partial charge in [-0.3, -0.25) is 0 Å². The Labute approximate surface area is 318 Å². The first-order valence-corrected chi connectivity index (χ1v) is 19.1. The molecule has 0 radical (unpaired) electrons. The molecule has 0 saturated carbocycles. The molecule has 0 fully saturated rings. The van der Waals surface area contributed by atoms with Gasteiger partial charge in [0.1, 0.15) is 0 Å². The van der Waals surface area contributed by atoms with Gasteiger partial charge in [0.15, 0.2) is 0 Å². The second-order valence-electron chi connectivity index (χ2n) is 14.7. The molecule has 0 unspecified atom stereocenters. The summed E-state index contributed by atoms with van der Waals surface area (Å²) in [6, 6.07) is 73.7. The van der Waals surface area contributed by atoms with Gasteiger partial charge in [-0.25, -0.2) is 0 Å². The van der Waals surface area contributed by atoms with Gasteiger partial charge < -0.3 is 4.90 Å². The van der Waals surface area contributed by atoms with Gasteiger partial charge in [0, 0.05) is 27.5 Å². The highest BCUT2D eigenvalue weighted by molar-refractivity contribution is 6.49. The number of hydrogen-bond donors (Lipinski definition) is 0. The minimum Gasteiger partial charge on any atom is -0.309 e. The van der Waals surface area contributed by atoms with E-state index in [0.717, 1.165) is 11.4 Å². The van der Waals surface area contributed by atoms with Crippen molar-refractivity contribution >= 4 is 92.5 Å². The summed E-state index contributed by atoms with van der Waals surface area (Å²) in [7, 11) is 0. The molecule has 12 aromatic carbocycles. The molecular formula is C54H33N. The maximum Gasteiger partial charge on any atom is 0.0619 e. The van der Waals surface area contributed by atoms with E-state index in [1.807, 2.05) is 0 Å². The molecule has 0 aliphatic carbocycles. The van der Waals surface area contributed by atoms with Crippen molar-refractivity contribution in [1.29, 1.82) is 0 Å². The predicted octanol–water partition coefficient (Wildman–Crippen LogP) is 15.4. The van der Waals surface area contributed by atoms with Crippen molar-refractivity contribution in [2.24, 2.45) is 0 Å². The number of benzene rings is 10. The Morgan fingerprint density at radius 1 is 0.236 bits per heavy atom. The highest BCUT2D eigenvalue weighted by Gasteiger charge is 2.30. The van der Waals surface area contributed by atoms with E-state index in [1.54, 1.807) is 0 Å². The minimum atomic E-state index is 1.13. The number of nitrogens with zero attached hydrogens (tertiary/aromatic N) is 1. The summed E-state index contributed by atoms with van der Waals surface area (Å²) in [5.41, 5.74) is 8.57. The lowest BCUT2D eigenvalue weighted by molar-refractivity contribution is 1.31. The van der Waals surface area contributed by atoms with Crippen LogP contribution in [0, 0.1) is 0 Å². The van der Waals surface area contributed by atoms with Gasteiger partial charge in [-0.05, 0) is 106 Å². The molecule has 0 aromatic heterocycles. The first-order chi connectivity index (χ1) is 27.4. The van der Waals surface area contributed by atoms with Crippen LogP contribution < -0.4 is 4.90 Å². The lowest BCUT2D eigenvalue weighted by Gasteiger charge is -2.28. The van der Waals surface area contributed by atoms with Gasteiger partial charge in [0.05, 0.1) is 5.69 Å². The summed E-state index contributed by atoms with van der Waals surface area (Å²) in [6.07, 6.45) is 0. The third kappa shape index (κ3) is 4.18. The summed E-state index contributed by atoms with van der Waals surface area (Å²) >= 11 is 0. The average Bonchev–Trinajstić information content (AvgIpc) is 3.78. The van der Waals surface area contributed by atoms with Crippen LogP contribution in [0.3, 0.4) is 0 Å². The van der Waals surface area contributed by atoms with E-state index in [4.69, 9.17) is 0 Å². The molecule has 12 rings (SSSR count). The molecule has 0 atom stereocenters. The Morgan fingerprint density at radius 2 is 0.636 bits per heavy atom. The second-order valence-corrected chi connectivity index (χ2v) is 14.7. The summed E-state index contributed by atoms with van der Waals surface area (Å²) in [5.74, 6) is 0. The van der Waals surface area contributed by atoms with Gasteiger partial charge in [-0.2, -0.15) is 0 Å². The number of rotatable bonds is 5. The van der Waals surface area contributed by atoms with E-state index < -0.39 is 0 Å². The normalized spacial score (nSPS) is 12.0. The first kappa shape index (κ1) is 30.3. The highest BCUT2D eigenvalue weighted by Crippen LogP contribution is 2.58. The van der Waals surface area contributed by atoms with Crippen LogP contribution in [0.1, 0.15) is 0 Å². The van der Waals surface area contributed by atoms with Crippen LogP contribution >= 0.6 is 0 Å². The first-order valence-electron chi connectivity index (χ1n) is 19.1. The summed E-state index contributed by atoms with van der Waals surface area (Å²) in [6.45, 7) is 0. The molecule has 254 valence electrons. The number of para-hydroxylation sites is 2. The Hall–Kier alpha value is -7.22. The van der Waals surface area contributed by atoms with E-state index in [-0.39, 0.29) is 0 Å². The molecule has 12 aromatic rings. The van der Waals surface area contributed by atoms with Gasteiger partial charge in [-0.15, -0.1) is 0 Å². The van der Waals surface area contributed by atoms with E-state index >= 15 is 0 Å². The highest BCUT2D eigenvalue weighted by atomic mass is 15.1. The van der Waals surface area contributed by atoms with E-state index in [9.17, 15) is 0 Å². The molecule has 0 aliphatic heterocycles. The molecule has 0 N–H and O–H groups in total. The maximum atomic E-state index is 2.46. The second kappa shape index (κ2) is 11.6. The van der Waals surface area contributed by atoms with Crippen molar-refractivity contribution < 1.29 is 0 Å². The molecule has 0 heterocycles. The van der Waals surface area contributed by atoms with Crippen LogP contribution in [0.4, 0.5) is 17.1 Å². The van der Waals surface area contributed by atoms with E-state index in [2.05, 4.69) is 205 Å². The van der Waals surface area contributed by atoms with Crippen LogP contribution in [0.25, 0.3) is 97.7 Å². The molecular weight excluding hydrogens is 663 g/mol. The minimum absolute atomic E-state index is 1.13. The quantitative estimate of drug-likeness (QED) is 0.162. The Morgan fingerprint density at radius 3 is 1.20 bits per heavy atom. The van der Waals surface area contributed by atoms with E-state index in [0.29, 0.717) is 0 Å². The van der Waals surface area contributed by atoms with Crippen molar-refractivity contribution in [2.75, 3.05) is 4.90 Å². The van der Waals surface area contributed by atoms with Crippen LogP contribution in [0.15, 0.2) is 200 Å².